The zero-order valence-corrected chi connectivity index (χ0v) is 28.1. The van der Waals surface area contributed by atoms with Gasteiger partial charge in [0, 0.05) is 0 Å². The van der Waals surface area contributed by atoms with E-state index in [0.717, 1.165) is 0 Å². The third kappa shape index (κ3) is 4.42. The van der Waals surface area contributed by atoms with Gasteiger partial charge in [-0.05, 0) is 139 Å². The van der Waals surface area contributed by atoms with Gasteiger partial charge >= 0.3 is 0 Å². The molecule has 7 rings (SSSR count). The van der Waals surface area contributed by atoms with Crippen molar-refractivity contribution in [3.8, 4) is 44.5 Å². The molecule has 0 N–H and O–H groups in total. The summed E-state index contributed by atoms with van der Waals surface area (Å²) in [6, 6.07) is 33.0. The van der Waals surface area contributed by atoms with E-state index in [1.54, 1.807) is 0 Å². The maximum Gasteiger partial charge on any atom is -0.00264 e. The van der Waals surface area contributed by atoms with Crippen molar-refractivity contribution in [2.45, 2.75) is 80.1 Å². The molecule has 0 aliphatic heterocycles. The van der Waals surface area contributed by atoms with Crippen LogP contribution in [0.15, 0.2) is 84.9 Å². The summed E-state index contributed by atoms with van der Waals surface area (Å²) in [6.07, 6.45) is 0. The van der Waals surface area contributed by atoms with Crippen molar-refractivity contribution in [1.29, 1.82) is 0 Å². The van der Waals surface area contributed by atoms with Crippen LogP contribution >= 0.6 is 0 Å². The van der Waals surface area contributed by atoms with Crippen LogP contribution in [0, 0.1) is 27.7 Å². The fourth-order valence-electron chi connectivity index (χ4n) is 7.49. The number of benzene rings is 6. The topological polar surface area (TPSA) is 0 Å². The summed E-state index contributed by atoms with van der Waals surface area (Å²) >= 11 is 0. The summed E-state index contributed by atoms with van der Waals surface area (Å²) in [5.74, 6) is 0. The van der Waals surface area contributed by atoms with Gasteiger partial charge in [0.15, 0.2) is 0 Å². The summed E-state index contributed by atoms with van der Waals surface area (Å²) in [6.45, 7) is 23.1. The first kappa shape index (κ1) is 28.6. The highest BCUT2D eigenvalue weighted by atomic mass is 14.3. The molecule has 44 heavy (non-hydrogen) atoms. The van der Waals surface area contributed by atoms with E-state index >= 15 is 0 Å². The van der Waals surface area contributed by atoms with Gasteiger partial charge in [0.25, 0.3) is 0 Å². The highest BCUT2D eigenvalue weighted by Crippen LogP contribution is 2.52. The first-order chi connectivity index (χ1) is 20.7. The van der Waals surface area contributed by atoms with Crippen LogP contribution in [0.4, 0.5) is 0 Å². The van der Waals surface area contributed by atoms with Gasteiger partial charge in [0.2, 0.25) is 0 Å². The summed E-state index contributed by atoms with van der Waals surface area (Å²) in [4.78, 5) is 0. The summed E-state index contributed by atoms with van der Waals surface area (Å²) in [7, 11) is 0. The van der Waals surface area contributed by atoms with E-state index in [9.17, 15) is 0 Å². The van der Waals surface area contributed by atoms with E-state index in [-0.39, 0.29) is 10.8 Å². The molecule has 0 bridgehead atoms. The molecule has 0 radical (unpaired) electrons. The van der Waals surface area contributed by atoms with Crippen molar-refractivity contribution in [3.63, 3.8) is 0 Å². The minimum atomic E-state index is 0.0723. The standard InChI is InChI=1S/C44H44/c1-25-17-30(21-32(19-25)43(5,6)7)40-27(3)28(4)41(31-18-26(2)20-33(22-31)44(8,9)10)39-24-37-35-16-12-14-29-13-11-15-34(42(29)35)36(37)23-38(39)40/h11-24H,1-10H3. The Bertz CT molecular complexity index is 2000. The summed E-state index contributed by atoms with van der Waals surface area (Å²) in [5, 5.41) is 5.38. The van der Waals surface area contributed by atoms with Crippen molar-refractivity contribution in [2.75, 3.05) is 0 Å². The Morgan fingerprint density at radius 2 is 0.841 bits per heavy atom. The van der Waals surface area contributed by atoms with Gasteiger partial charge in [0.05, 0.1) is 0 Å². The number of fused-ring (bicyclic) bond motifs is 4. The Kier molecular flexibility index (Phi) is 6.29. The van der Waals surface area contributed by atoms with Crippen LogP contribution in [-0.2, 0) is 10.8 Å². The quantitative estimate of drug-likeness (QED) is 0.193. The van der Waals surface area contributed by atoms with E-state index in [2.05, 4.69) is 154 Å². The van der Waals surface area contributed by atoms with Crippen LogP contribution in [0.5, 0.6) is 0 Å². The predicted octanol–water partition coefficient (Wildman–Crippen LogP) is 12.8. The maximum absolute atomic E-state index is 2.52. The molecule has 0 fully saturated rings. The number of hydrogen-bond donors (Lipinski definition) is 0. The second-order valence-corrected chi connectivity index (χ2v) is 15.3. The molecule has 0 saturated carbocycles. The van der Waals surface area contributed by atoms with Crippen molar-refractivity contribution in [1.82, 2.24) is 0 Å². The number of rotatable bonds is 2. The Labute approximate surface area is 263 Å². The highest BCUT2D eigenvalue weighted by molar-refractivity contribution is 6.20. The monoisotopic (exact) mass is 572 g/mol. The molecule has 0 atom stereocenters. The van der Waals surface area contributed by atoms with Gasteiger partial charge in [-0.15, -0.1) is 0 Å². The zero-order chi connectivity index (χ0) is 31.3. The second kappa shape index (κ2) is 9.67. The largest absolute Gasteiger partial charge is 0.0610 e. The van der Waals surface area contributed by atoms with Crippen LogP contribution in [0.2, 0.25) is 0 Å². The fraction of sp³-hybridized carbons (Fsp3) is 0.273. The smallest absolute Gasteiger partial charge is 0.00264 e. The van der Waals surface area contributed by atoms with Crippen molar-refractivity contribution < 1.29 is 0 Å². The van der Waals surface area contributed by atoms with Gasteiger partial charge in [0.1, 0.15) is 0 Å². The van der Waals surface area contributed by atoms with Gasteiger partial charge in [-0.3, -0.25) is 0 Å². The lowest BCUT2D eigenvalue weighted by atomic mass is 9.79. The van der Waals surface area contributed by atoms with Crippen LogP contribution in [-0.4, -0.2) is 0 Å². The van der Waals surface area contributed by atoms with Crippen molar-refractivity contribution in [2.24, 2.45) is 0 Å². The highest BCUT2D eigenvalue weighted by Gasteiger charge is 2.26. The molecule has 1 aliphatic carbocycles. The summed E-state index contributed by atoms with van der Waals surface area (Å²) < 4.78 is 0. The molecule has 0 amide bonds. The average Bonchev–Trinajstić information content (AvgIpc) is 3.26. The molecule has 0 nitrogen and oxygen atoms in total. The van der Waals surface area contributed by atoms with Gasteiger partial charge in [-0.1, -0.05) is 125 Å². The molecule has 0 heteroatoms. The molecule has 6 aromatic carbocycles. The van der Waals surface area contributed by atoms with Gasteiger partial charge < -0.3 is 0 Å². The minimum absolute atomic E-state index is 0.0723. The maximum atomic E-state index is 2.52. The SMILES string of the molecule is Cc1cc(-c2c(C)c(C)c(-c3cc(C)cc(C(C)(C)C)c3)c3cc4c(cc23)-c2cccc3cccc-4c23)cc(C(C)(C)C)c1. The predicted molar refractivity (Wildman–Crippen MR) is 193 cm³/mol. The first-order valence-corrected chi connectivity index (χ1v) is 16.1. The molecule has 0 saturated heterocycles. The van der Waals surface area contributed by atoms with Crippen LogP contribution in [0.3, 0.4) is 0 Å². The number of hydrogen-bond acceptors (Lipinski definition) is 0. The van der Waals surface area contributed by atoms with Gasteiger partial charge in [-0.2, -0.15) is 0 Å². The molecule has 0 heterocycles. The number of aryl methyl sites for hydroxylation is 2. The Morgan fingerprint density at radius 3 is 1.23 bits per heavy atom. The molecule has 0 spiro atoms. The first-order valence-electron chi connectivity index (χ1n) is 16.1. The second-order valence-electron chi connectivity index (χ2n) is 15.3. The van der Waals surface area contributed by atoms with Crippen molar-refractivity contribution >= 4 is 21.5 Å². The molecule has 0 unspecified atom stereocenters. The molecule has 0 aromatic heterocycles. The average molecular weight is 573 g/mol. The Balaban J connectivity index is 1.64. The van der Waals surface area contributed by atoms with E-state index < -0.39 is 0 Å². The minimum Gasteiger partial charge on any atom is -0.0610 e. The van der Waals surface area contributed by atoms with Crippen LogP contribution in [0.1, 0.15) is 74.9 Å². The zero-order valence-electron chi connectivity index (χ0n) is 28.1. The van der Waals surface area contributed by atoms with E-state index in [1.807, 2.05) is 0 Å². The lowest BCUT2D eigenvalue weighted by molar-refractivity contribution is 0.589. The van der Waals surface area contributed by atoms with Gasteiger partial charge in [-0.25, -0.2) is 0 Å². The lowest BCUT2D eigenvalue weighted by Crippen LogP contribution is -2.12. The molecule has 1 aliphatic rings. The summed E-state index contributed by atoms with van der Waals surface area (Å²) in [5.41, 5.74) is 19.0. The van der Waals surface area contributed by atoms with E-state index in [0.29, 0.717) is 0 Å². The fourth-order valence-corrected chi connectivity index (χ4v) is 7.49. The third-order valence-corrected chi connectivity index (χ3v) is 9.96. The van der Waals surface area contributed by atoms with Crippen molar-refractivity contribution in [3.05, 3.63) is 118 Å². The third-order valence-electron chi connectivity index (χ3n) is 9.96. The molecule has 6 aromatic rings. The normalized spacial score (nSPS) is 12.8. The Hall–Kier alpha value is -4.16. The Morgan fingerprint density at radius 1 is 0.432 bits per heavy atom. The van der Waals surface area contributed by atoms with E-state index in [1.165, 1.54) is 99.4 Å². The van der Waals surface area contributed by atoms with Crippen LogP contribution in [0.25, 0.3) is 66.1 Å². The molecular formula is C44H44. The van der Waals surface area contributed by atoms with Crippen LogP contribution < -0.4 is 0 Å². The van der Waals surface area contributed by atoms with E-state index in [4.69, 9.17) is 0 Å². The lowest BCUT2D eigenvalue weighted by Gasteiger charge is -2.25. The molecular weight excluding hydrogens is 528 g/mol. The molecule has 220 valence electrons.